The molecule has 0 fully saturated rings. The third-order valence-corrected chi connectivity index (χ3v) is 1.69. The maximum Gasteiger partial charge on any atom is 0.119 e. The van der Waals surface area contributed by atoms with E-state index in [9.17, 15) is 0 Å². The quantitative estimate of drug-likeness (QED) is 0.471. The van der Waals surface area contributed by atoms with Crippen molar-refractivity contribution in [1.29, 1.82) is 0 Å². The molecule has 1 rings (SSSR count). The van der Waals surface area contributed by atoms with Crippen molar-refractivity contribution in [3.63, 3.8) is 0 Å². The standard InChI is InChI=1S/C8H11BrN2O/c9-5-6-12-8-3-1-7(11-10)2-4-8/h1-4,11H,5-6,10H2. The average molecular weight is 231 g/mol. The van der Waals surface area contributed by atoms with E-state index in [1.54, 1.807) is 0 Å². The second-order valence-electron chi connectivity index (χ2n) is 2.21. The first-order valence-corrected chi connectivity index (χ1v) is 4.74. The maximum absolute atomic E-state index is 5.34. The Morgan fingerprint density at radius 3 is 2.50 bits per heavy atom. The molecule has 3 nitrogen and oxygen atoms in total. The molecule has 0 spiro atoms. The lowest BCUT2D eigenvalue weighted by molar-refractivity contribution is 0.345. The van der Waals surface area contributed by atoms with Crippen LogP contribution in [0, 0.1) is 0 Å². The Hall–Kier alpha value is -0.740. The van der Waals surface area contributed by atoms with Gasteiger partial charge in [0.1, 0.15) is 5.75 Å². The SMILES string of the molecule is NNc1ccc(OCCBr)cc1. The zero-order valence-corrected chi connectivity index (χ0v) is 8.17. The maximum atomic E-state index is 5.34. The van der Waals surface area contributed by atoms with Gasteiger partial charge in [-0.15, -0.1) is 0 Å². The van der Waals surface area contributed by atoms with Crippen molar-refractivity contribution in [2.75, 3.05) is 17.4 Å². The van der Waals surface area contributed by atoms with Crippen LogP contribution in [-0.2, 0) is 0 Å². The van der Waals surface area contributed by atoms with Gasteiger partial charge in [0.15, 0.2) is 0 Å². The molecule has 4 heteroatoms. The number of benzene rings is 1. The van der Waals surface area contributed by atoms with Crippen LogP contribution in [0.5, 0.6) is 5.75 Å². The highest BCUT2D eigenvalue weighted by Crippen LogP contribution is 2.14. The van der Waals surface area contributed by atoms with E-state index in [1.807, 2.05) is 24.3 Å². The smallest absolute Gasteiger partial charge is 0.119 e. The number of hydrazine groups is 1. The number of nitrogen functional groups attached to an aromatic ring is 1. The molecule has 0 unspecified atom stereocenters. The molecule has 0 aliphatic carbocycles. The fraction of sp³-hybridized carbons (Fsp3) is 0.250. The van der Waals surface area contributed by atoms with Gasteiger partial charge in [-0.1, -0.05) is 15.9 Å². The minimum Gasteiger partial charge on any atom is -0.493 e. The minimum atomic E-state index is 0.676. The number of alkyl halides is 1. The first-order chi connectivity index (χ1) is 5.86. The number of nitrogens with two attached hydrogens (primary N) is 1. The topological polar surface area (TPSA) is 47.3 Å². The molecule has 0 radical (unpaired) electrons. The van der Waals surface area contributed by atoms with Crippen molar-refractivity contribution < 1.29 is 4.74 Å². The summed E-state index contributed by atoms with van der Waals surface area (Å²) >= 11 is 3.28. The van der Waals surface area contributed by atoms with E-state index < -0.39 is 0 Å². The van der Waals surface area contributed by atoms with Gasteiger partial charge in [0.2, 0.25) is 0 Å². The molecular formula is C8H11BrN2O. The van der Waals surface area contributed by atoms with Gasteiger partial charge >= 0.3 is 0 Å². The first-order valence-electron chi connectivity index (χ1n) is 3.62. The van der Waals surface area contributed by atoms with Crippen molar-refractivity contribution >= 4 is 21.6 Å². The number of hydrogen-bond donors (Lipinski definition) is 2. The van der Waals surface area contributed by atoms with Gasteiger partial charge in [0.25, 0.3) is 0 Å². The normalized spacial score (nSPS) is 9.50. The van der Waals surface area contributed by atoms with Gasteiger partial charge in [0.05, 0.1) is 6.61 Å². The lowest BCUT2D eigenvalue weighted by atomic mass is 10.3. The number of ether oxygens (including phenoxy) is 1. The molecule has 0 amide bonds. The summed E-state index contributed by atoms with van der Waals surface area (Å²) in [6.45, 7) is 0.676. The lowest BCUT2D eigenvalue weighted by Gasteiger charge is -2.04. The second-order valence-corrected chi connectivity index (χ2v) is 3.00. The van der Waals surface area contributed by atoms with E-state index in [-0.39, 0.29) is 0 Å². The summed E-state index contributed by atoms with van der Waals surface area (Å²) in [5, 5.41) is 0.837. The van der Waals surface area contributed by atoms with Crippen molar-refractivity contribution in [3.05, 3.63) is 24.3 Å². The molecule has 0 heterocycles. The van der Waals surface area contributed by atoms with Gasteiger partial charge < -0.3 is 10.2 Å². The van der Waals surface area contributed by atoms with E-state index in [4.69, 9.17) is 10.6 Å². The van der Waals surface area contributed by atoms with Crippen LogP contribution in [0.2, 0.25) is 0 Å². The highest BCUT2D eigenvalue weighted by Gasteiger charge is 1.92. The predicted octanol–water partition coefficient (Wildman–Crippen LogP) is 1.75. The van der Waals surface area contributed by atoms with Crippen molar-refractivity contribution in [2.45, 2.75) is 0 Å². The Bertz CT molecular complexity index is 225. The van der Waals surface area contributed by atoms with E-state index in [0.29, 0.717) is 6.61 Å². The first kappa shape index (κ1) is 9.35. The molecule has 12 heavy (non-hydrogen) atoms. The number of rotatable bonds is 4. The molecule has 1 aromatic rings. The molecule has 66 valence electrons. The third kappa shape index (κ3) is 2.71. The van der Waals surface area contributed by atoms with E-state index >= 15 is 0 Å². The molecule has 0 saturated carbocycles. The summed E-state index contributed by atoms with van der Waals surface area (Å²) in [6, 6.07) is 7.48. The van der Waals surface area contributed by atoms with Crippen LogP contribution in [0.25, 0.3) is 0 Å². The Balaban J connectivity index is 2.53. The fourth-order valence-electron chi connectivity index (χ4n) is 0.804. The Kier molecular flexibility index (Phi) is 3.90. The van der Waals surface area contributed by atoms with E-state index in [0.717, 1.165) is 16.8 Å². The van der Waals surface area contributed by atoms with Crippen molar-refractivity contribution in [3.8, 4) is 5.75 Å². The van der Waals surface area contributed by atoms with Crippen LogP contribution in [0.15, 0.2) is 24.3 Å². The molecule has 0 aliphatic rings. The molecule has 0 saturated heterocycles. The number of halogens is 1. The monoisotopic (exact) mass is 230 g/mol. The lowest BCUT2D eigenvalue weighted by Crippen LogP contribution is -2.06. The number of hydrogen-bond acceptors (Lipinski definition) is 3. The third-order valence-electron chi connectivity index (χ3n) is 1.37. The average Bonchev–Trinajstić information content (AvgIpc) is 2.15. The second kappa shape index (κ2) is 5.00. The van der Waals surface area contributed by atoms with Crippen LogP contribution in [0.1, 0.15) is 0 Å². The van der Waals surface area contributed by atoms with Crippen LogP contribution in [0.4, 0.5) is 5.69 Å². The van der Waals surface area contributed by atoms with Gasteiger partial charge in [-0.25, -0.2) is 0 Å². The van der Waals surface area contributed by atoms with Gasteiger partial charge in [-0.05, 0) is 24.3 Å². The highest BCUT2D eigenvalue weighted by atomic mass is 79.9. The molecule has 1 aromatic carbocycles. The van der Waals surface area contributed by atoms with Crippen LogP contribution >= 0.6 is 15.9 Å². The van der Waals surface area contributed by atoms with Crippen molar-refractivity contribution in [2.24, 2.45) is 5.84 Å². The fourth-order valence-corrected chi connectivity index (χ4v) is 0.966. The predicted molar refractivity (Wildman–Crippen MR) is 53.5 cm³/mol. The molecule has 0 bridgehead atoms. The van der Waals surface area contributed by atoms with Gasteiger partial charge in [-0.3, -0.25) is 5.84 Å². The van der Waals surface area contributed by atoms with Crippen LogP contribution in [-0.4, -0.2) is 11.9 Å². The largest absolute Gasteiger partial charge is 0.493 e. The molecule has 3 N–H and O–H groups in total. The Morgan fingerprint density at radius 2 is 2.00 bits per heavy atom. The summed E-state index contributed by atoms with van der Waals surface area (Å²) in [4.78, 5) is 0. The summed E-state index contributed by atoms with van der Waals surface area (Å²) in [5.41, 5.74) is 3.42. The zero-order chi connectivity index (χ0) is 8.81. The summed E-state index contributed by atoms with van der Waals surface area (Å²) in [5.74, 6) is 6.06. The van der Waals surface area contributed by atoms with Crippen molar-refractivity contribution in [1.82, 2.24) is 0 Å². The van der Waals surface area contributed by atoms with Gasteiger partial charge in [-0.2, -0.15) is 0 Å². The summed E-state index contributed by atoms with van der Waals surface area (Å²) < 4.78 is 5.34. The molecule has 0 aliphatic heterocycles. The Labute approximate surface area is 80.0 Å². The minimum absolute atomic E-state index is 0.676. The molecule has 0 aromatic heterocycles. The Morgan fingerprint density at radius 1 is 1.33 bits per heavy atom. The molecular weight excluding hydrogens is 220 g/mol. The number of anilines is 1. The van der Waals surface area contributed by atoms with E-state index in [2.05, 4.69) is 21.4 Å². The molecule has 0 atom stereocenters. The van der Waals surface area contributed by atoms with E-state index in [1.165, 1.54) is 0 Å². The number of nitrogens with one attached hydrogen (secondary N) is 1. The highest BCUT2D eigenvalue weighted by molar-refractivity contribution is 9.09. The summed E-state index contributed by atoms with van der Waals surface area (Å²) in [7, 11) is 0. The van der Waals surface area contributed by atoms with Gasteiger partial charge in [0, 0.05) is 11.0 Å². The summed E-state index contributed by atoms with van der Waals surface area (Å²) in [6.07, 6.45) is 0. The van der Waals surface area contributed by atoms with Crippen LogP contribution < -0.4 is 16.0 Å². The van der Waals surface area contributed by atoms with Crippen LogP contribution in [0.3, 0.4) is 0 Å². The zero-order valence-electron chi connectivity index (χ0n) is 6.59.